The average Bonchev–Trinajstić information content (AvgIpc) is 1.83. The molecular formula is C7H13O2. The van der Waals surface area contributed by atoms with Gasteiger partial charge in [-0.2, -0.15) is 0 Å². The van der Waals surface area contributed by atoms with Gasteiger partial charge in [0.1, 0.15) is 6.10 Å². The van der Waals surface area contributed by atoms with Gasteiger partial charge in [0.25, 0.3) is 0 Å². The van der Waals surface area contributed by atoms with Gasteiger partial charge in [-0.3, -0.25) is 4.79 Å². The van der Waals surface area contributed by atoms with Crippen molar-refractivity contribution in [3.63, 3.8) is 0 Å². The molecule has 0 saturated heterocycles. The molecule has 0 N–H and O–H groups in total. The lowest BCUT2D eigenvalue weighted by Gasteiger charge is -2.07. The molecule has 0 aliphatic rings. The fourth-order valence-electron chi connectivity index (χ4n) is 0.371. The molecule has 53 valence electrons. The van der Waals surface area contributed by atoms with E-state index in [-0.39, 0.29) is 6.10 Å². The van der Waals surface area contributed by atoms with Gasteiger partial charge >= 0.3 is 0 Å². The molecular weight excluding hydrogens is 116 g/mol. The normalized spacial score (nSPS) is 13.8. The first kappa shape index (κ1) is 8.63. The van der Waals surface area contributed by atoms with Gasteiger partial charge in [-0.05, 0) is 12.8 Å². The lowest BCUT2D eigenvalue weighted by Crippen LogP contribution is -2.13. The molecule has 0 saturated carbocycles. The predicted octanol–water partition coefficient (Wildman–Crippen LogP) is 1.16. The van der Waals surface area contributed by atoms with Crippen LogP contribution >= 0.6 is 0 Å². The summed E-state index contributed by atoms with van der Waals surface area (Å²) in [6.45, 7) is 6.40. The Morgan fingerprint density at radius 1 is 1.44 bits per heavy atom. The number of carbonyl (C=O) groups excluding carboxylic acids is 1. The molecule has 2 nitrogen and oxygen atoms in total. The Hall–Kier alpha value is -0.370. The SMILES string of the molecule is CC(C)COC(C)[C]=O. The van der Waals surface area contributed by atoms with Crippen LogP contribution in [0.4, 0.5) is 0 Å². The fraction of sp³-hybridized carbons (Fsp3) is 0.857. The smallest absolute Gasteiger partial charge is 0.229 e. The summed E-state index contributed by atoms with van der Waals surface area (Å²) in [7, 11) is 0. The van der Waals surface area contributed by atoms with Gasteiger partial charge in [-0.15, -0.1) is 0 Å². The highest BCUT2D eigenvalue weighted by molar-refractivity contribution is 5.56. The molecule has 0 aromatic rings. The van der Waals surface area contributed by atoms with Crippen LogP contribution in [0, 0.1) is 5.92 Å². The van der Waals surface area contributed by atoms with E-state index >= 15 is 0 Å². The van der Waals surface area contributed by atoms with Crippen LogP contribution in [0.15, 0.2) is 0 Å². The highest BCUT2D eigenvalue weighted by Crippen LogP contribution is 1.94. The van der Waals surface area contributed by atoms with E-state index in [4.69, 9.17) is 4.74 Å². The Morgan fingerprint density at radius 3 is 2.33 bits per heavy atom. The Balaban J connectivity index is 3.16. The van der Waals surface area contributed by atoms with Gasteiger partial charge < -0.3 is 4.74 Å². The molecule has 0 amide bonds. The van der Waals surface area contributed by atoms with Gasteiger partial charge in [0, 0.05) is 6.61 Å². The maximum atomic E-state index is 9.87. The Kier molecular flexibility index (Phi) is 4.32. The molecule has 0 bridgehead atoms. The van der Waals surface area contributed by atoms with E-state index in [9.17, 15) is 4.79 Å². The van der Waals surface area contributed by atoms with Crippen LogP contribution in [0.2, 0.25) is 0 Å². The predicted molar refractivity (Wildman–Crippen MR) is 35.9 cm³/mol. The third-order valence-electron chi connectivity index (χ3n) is 0.846. The van der Waals surface area contributed by atoms with Crippen LogP contribution in [-0.4, -0.2) is 19.0 Å². The Labute approximate surface area is 56.2 Å². The fourth-order valence-corrected chi connectivity index (χ4v) is 0.371. The topological polar surface area (TPSA) is 26.3 Å². The summed E-state index contributed by atoms with van der Waals surface area (Å²) in [5, 5.41) is 0. The minimum atomic E-state index is -0.368. The van der Waals surface area contributed by atoms with E-state index in [1.165, 1.54) is 0 Å². The summed E-state index contributed by atoms with van der Waals surface area (Å²) in [4.78, 5) is 9.87. The third kappa shape index (κ3) is 5.50. The molecule has 2 heteroatoms. The zero-order chi connectivity index (χ0) is 7.28. The van der Waals surface area contributed by atoms with Crippen molar-refractivity contribution in [2.75, 3.05) is 6.61 Å². The number of hydrogen-bond donors (Lipinski definition) is 0. The molecule has 0 rings (SSSR count). The molecule has 9 heavy (non-hydrogen) atoms. The van der Waals surface area contributed by atoms with Crippen LogP contribution in [0.25, 0.3) is 0 Å². The summed E-state index contributed by atoms with van der Waals surface area (Å²) in [5.74, 6) is 0.487. The molecule has 0 heterocycles. The van der Waals surface area contributed by atoms with Crippen molar-refractivity contribution >= 4 is 6.29 Å². The zero-order valence-corrected chi connectivity index (χ0v) is 6.18. The van der Waals surface area contributed by atoms with Crippen molar-refractivity contribution in [2.24, 2.45) is 5.92 Å². The number of hydrogen-bond acceptors (Lipinski definition) is 2. The molecule has 0 fully saturated rings. The molecule has 1 atom stereocenters. The van der Waals surface area contributed by atoms with Crippen molar-refractivity contribution in [3.8, 4) is 0 Å². The van der Waals surface area contributed by atoms with Gasteiger partial charge in [0.2, 0.25) is 6.29 Å². The van der Waals surface area contributed by atoms with Gasteiger partial charge in [0.15, 0.2) is 0 Å². The maximum Gasteiger partial charge on any atom is 0.229 e. The van der Waals surface area contributed by atoms with Crippen molar-refractivity contribution in [1.82, 2.24) is 0 Å². The highest BCUT2D eigenvalue weighted by Gasteiger charge is 2.00. The lowest BCUT2D eigenvalue weighted by atomic mass is 10.2. The number of rotatable bonds is 4. The first-order valence-electron chi connectivity index (χ1n) is 3.16. The first-order chi connectivity index (χ1) is 4.16. The molecule has 0 aliphatic heterocycles. The van der Waals surface area contributed by atoms with Crippen LogP contribution in [0.3, 0.4) is 0 Å². The standard InChI is InChI=1S/C7H13O2/c1-6(2)5-9-7(3)4-8/h6-7H,5H2,1-3H3. The Morgan fingerprint density at radius 2 is 2.00 bits per heavy atom. The van der Waals surface area contributed by atoms with Crippen LogP contribution in [0.5, 0.6) is 0 Å². The van der Waals surface area contributed by atoms with Gasteiger partial charge in [-0.25, -0.2) is 0 Å². The lowest BCUT2D eigenvalue weighted by molar-refractivity contribution is 0.0855. The highest BCUT2D eigenvalue weighted by atomic mass is 16.5. The van der Waals surface area contributed by atoms with Crippen molar-refractivity contribution in [1.29, 1.82) is 0 Å². The molecule has 1 radical (unpaired) electrons. The summed E-state index contributed by atoms with van der Waals surface area (Å²) < 4.78 is 5.03. The van der Waals surface area contributed by atoms with Gasteiger partial charge in [-0.1, -0.05) is 13.8 Å². The van der Waals surface area contributed by atoms with Crippen LogP contribution in [0.1, 0.15) is 20.8 Å². The van der Waals surface area contributed by atoms with Crippen molar-refractivity contribution < 1.29 is 9.53 Å². The zero-order valence-electron chi connectivity index (χ0n) is 6.18. The second-order valence-corrected chi connectivity index (χ2v) is 2.49. The molecule has 0 aromatic heterocycles. The van der Waals surface area contributed by atoms with Crippen molar-refractivity contribution in [2.45, 2.75) is 26.9 Å². The molecule has 0 aliphatic carbocycles. The second-order valence-electron chi connectivity index (χ2n) is 2.49. The largest absolute Gasteiger partial charge is 0.370 e. The molecule has 0 aromatic carbocycles. The minimum absolute atomic E-state index is 0.368. The van der Waals surface area contributed by atoms with E-state index in [1.807, 2.05) is 13.8 Å². The van der Waals surface area contributed by atoms with Crippen LogP contribution < -0.4 is 0 Å². The average molecular weight is 129 g/mol. The summed E-state index contributed by atoms with van der Waals surface area (Å²) >= 11 is 0. The molecule has 1 unspecified atom stereocenters. The van der Waals surface area contributed by atoms with E-state index in [2.05, 4.69) is 0 Å². The first-order valence-corrected chi connectivity index (χ1v) is 3.16. The van der Waals surface area contributed by atoms with Gasteiger partial charge in [0.05, 0.1) is 0 Å². The number of ether oxygens (including phenoxy) is 1. The molecule has 0 spiro atoms. The summed E-state index contributed by atoms with van der Waals surface area (Å²) in [6.07, 6.45) is 1.38. The minimum Gasteiger partial charge on any atom is -0.370 e. The second kappa shape index (κ2) is 4.50. The quantitative estimate of drug-likeness (QED) is 0.569. The summed E-state index contributed by atoms with van der Waals surface area (Å²) in [6, 6.07) is 0. The summed E-state index contributed by atoms with van der Waals surface area (Å²) in [5.41, 5.74) is 0. The van der Waals surface area contributed by atoms with E-state index in [0.29, 0.717) is 12.5 Å². The van der Waals surface area contributed by atoms with Crippen molar-refractivity contribution in [3.05, 3.63) is 0 Å². The van der Waals surface area contributed by atoms with E-state index in [0.717, 1.165) is 0 Å². The maximum absolute atomic E-state index is 9.87. The van der Waals surface area contributed by atoms with E-state index in [1.54, 1.807) is 13.2 Å². The van der Waals surface area contributed by atoms with E-state index < -0.39 is 0 Å². The Bertz CT molecular complexity index is 79.0. The monoisotopic (exact) mass is 129 g/mol. The van der Waals surface area contributed by atoms with Crippen LogP contribution in [-0.2, 0) is 9.53 Å². The third-order valence-corrected chi connectivity index (χ3v) is 0.846.